The summed E-state index contributed by atoms with van der Waals surface area (Å²) in [6, 6.07) is 11.4. The van der Waals surface area contributed by atoms with Gasteiger partial charge in [-0.05, 0) is 24.3 Å². The molecule has 0 bridgehead atoms. The molecule has 0 aliphatic heterocycles. The van der Waals surface area contributed by atoms with Gasteiger partial charge >= 0.3 is 0 Å². The fourth-order valence-electron chi connectivity index (χ4n) is 1.63. The summed E-state index contributed by atoms with van der Waals surface area (Å²) in [6.45, 7) is -0.138. The zero-order valence-electron chi connectivity index (χ0n) is 11.1. The molecule has 0 saturated carbocycles. The molecule has 0 aromatic heterocycles. The third-order valence-corrected chi connectivity index (χ3v) is 2.99. The van der Waals surface area contributed by atoms with Crippen molar-refractivity contribution in [2.24, 2.45) is 0 Å². The maximum Gasteiger partial charge on any atom is 0.183 e. The molecular formula is C15H15ClFNO3. The standard InChI is InChI=1S/C15H15ClFNO3/c16-11-4-3-7-14(15(11)17)21-9-10(19)8-20-13-6-2-1-5-12(13)18/h1-7,10,19H,8-9,18H2. The number of halogens is 2. The fraction of sp³-hybridized carbons (Fsp3) is 0.200. The average molecular weight is 312 g/mol. The lowest BCUT2D eigenvalue weighted by Gasteiger charge is -2.15. The van der Waals surface area contributed by atoms with Crippen LogP contribution >= 0.6 is 11.6 Å². The number of anilines is 1. The Morgan fingerprint density at radius 3 is 2.38 bits per heavy atom. The summed E-state index contributed by atoms with van der Waals surface area (Å²) in [5, 5.41) is 9.74. The Morgan fingerprint density at radius 1 is 1.05 bits per heavy atom. The zero-order valence-corrected chi connectivity index (χ0v) is 11.9. The molecule has 0 heterocycles. The van der Waals surface area contributed by atoms with E-state index in [1.54, 1.807) is 30.3 Å². The van der Waals surface area contributed by atoms with Crippen LogP contribution in [0.25, 0.3) is 0 Å². The van der Waals surface area contributed by atoms with Gasteiger partial charge in [0.25, 0.3) is 0 Å². The highest BCUT2D eigenvalue weighted by atomic mass is 35.5. The number of para-hydroxylation sites is 2. The third-order valence-electron chi connectivity index (χ3n) is 2.70. The predicted octanol–water partition coefficient (Wildman–Crippen LogP) is 2.88. The smallest absolute Gasteiger partial charge is 0.183 e. The van der Waals surface area contributed by atoms with E-state index in [4.69, 9.17) is 26.8 Å². The first-order valence-corrected chi connectivity index (χ1v) is 6.68. The molecule has 0 saturated heterocycles. The van der Waals surface area contributed by atoms with E-state index in [0.717, 1.165) is 0 Å². The molecule has 1 unspecified atom stereocenters. The molecular weight excluding hydrogens is 297 g/mol. The van der Waals surface area contributed by atoms with Gasteiger partial charge in [0.15, 0.2) is 11.6 Å². The number of benzene rings is 2. The summed E-state index contributed by atoms with van der Waals surface area (Å²) in [6.07, 6.45) is -0.928. The second kappa shape index (κ2) is 7.15. The van der Waals surface area contributed by atoms with Gasteiger partial charge in [0, 0.05) is 0 Å². The molecule has 6 heteroatoms. The van der Waals surface area contributed by atoms with Gasteiger partial charge in [-0.2, -0.15) is 0 Å². The maximum atomic E-state index is 13.6. The molecule has 112 valence electrons. The number of aliphatic hydroxyl groups excluding tert-OH is 1. The monoisotopic (exact) mass is 311 g/mol. The van der Waals surface area contributed by atoms with Crippen molar-refractivity contribution in [3.05, 3.63) is 53.3 Å². The number of aliphatic hydroxyl groups is 1. The van der Waals surface area contributed by atoms with Crippen LogP contribution in [0.5, 0.6) is 11.5 Å². The Morgan fingerprint density at radius 2 is 1.67 bits per heavy atom. The van der Waals surface area contributed by atoms with Crippen LogP contribution in [0, 0.1) is 5.82 Å². The predicted molar refractivity (Wildman–Crippen MR) is 79.3 cm³/mol. The Hall–Kier alpha value is -1.98. The first-order chi connectivity index (χ1) is 10.1. The van der Waals surface area contributed by atoms with E-state index in [1.807, 2.05) is 0 Å². The number of rotatable bonds is 6. The van der Waals surface area contributed by atoms with E-state index in [0.29, 0.717) is 11.4 Å². The van der Waals surface area contributed by atoms with Crippen molar-refractivity contribution in [1.29, 1.82) is 0 Å². The van der Waals surface area contributed by atoms with Crippen molar-refractivity contribution in [1.82, 2.24) is 0 Å². The minimum absolute atomic E-state index is 0.0132. The van der Waals surface area contributed by atoms with Gasteiger partial charge in [-0.1, -0.05) is 29.8 Å². The van der Waals surface area contributed by atoms with E-state index in [1.165, 1.54) is 12.1 Å². The Balaban J connectivity index is 1.84. The van der Waals surface area contributed by atoms with Gasteiger partial charge in [0.1, 0.15) is 25.1 Å². The van der Waals surface area contributed by atoms with Gasteiger partial charge in [-0.25, -0.2) is 4.39 Å². The van der Waals surface area contributed by atoms with Crippen molar-refractivity contribution < 1.29 is 19.0 Å². The molecule has 2 rings (SSSR count). The van der Waals surface area contributed by atoms with Gasteiger partial charge < -0.3 is 20.3 Å². The average Bonchev–Trinajstić information content (AvgIpc) is 2.48. The molecule has 3 N–H and O–H groups in total. The van der Waals surface area contributed by atoms with Crippen molar-refractivity contribution in [2.75, 3.05) is 18.9 Å². The molecule has 0 radical (unpaired) electrons. The van der Waals surface area contributed by atoms with Gasteiger partial charge in [-0.15, -0.1) is 0 Å². The number of hydrogen-bond donors (Lipinski definition) is 2. The highest BCUT2D eigenvalue weighted by molar-refractivity contribution is 6.30. The topological polar surface area (TPSA) is 64.7 Å². The molecule has 2 aromatic rings. The highest BCUT2D eigenvalue weighted by Crippen LogP contribution is 2.24. The lowest BCUT2D eigenvalue weighted by molar-refractivity contribution is 0.0615. The van der Waals surface area contributed by atoms with Crippen LogP contribution in [0.3, 0.4) is 0 Å². The molecule has 0 fully saturated rings. The zero-order chi connectivity index (χ0) is 15.2. The molecule has 2 aromatic carbocycles. The largest absolute Gasteiger partial charge is 0.489 e. The molecule has 0 aliphatic carbocycles. The van der Waals surface area contributed by atoms with Crippen LogP contribution in [0.2, 0.25) is 5.02 Å². The molecule has 0 spiro atoms. The normalized spacial score (nSPS) is 12.0. The number of hydrogen-bond acceptors (Lipinski definition) is 4. The van der Waals surface area contributed by atoms with Crippen molar-refractivity contribution in [2.45, 2.75) is 6.10 Å². The second-order valence-corrected chi connectivity index (χ2v) is 4.77. The SMILES string of the molecule is Nc1ccccc1OCC(O)COc1cccc(Cl)c1F. The third kappa shape index (κ3) is 4.24. The minimum Gasteiger partial charge on any atom is -0.489 e. The fourth-order valence-corrected chi connectivity index (χ4v) is 1.79. The summed E-state index contributed by atoms with van der Waals surface area (Å²) in [4.78, 5) is 0. The number of nitrogens with two attached hydrogens (primary N) is 1. The molecule has 0 amide bonds. The lowest BCUT2D eigenvalue weighted by Crippen LogP contribution is -2.25. The Kier molecular flexibility index (Phi) is 5.25. The molecule has 21 heavy (non-hydrogen) atoms. The first-order valence-electron chi connectivity index (χ1n) is 6.30. The van der Waals surface area contributed by atoms with E-state index >= 15 is 0 Å². The summed E-state index contributed by atoms with van der Waals surface area (Å²) in [5.74, 6) is -0.189. The van der Waals surface area contributed by atoms with Crippen molar-refractivity contribution >= 4 is 17.3 Å². The highest BCUT2D eigenvalue weighted by Gasteiger charge is 2.11. The van der Waals surface area contributed by atoms with E-state index in [9.17, 15) is 9.50 Å². The first kappa shape index (κ1) is 15.4. The van der Waals surface area contributed by atoms with Gasteiger partial charge in [0.05, 0.1) is 10.7 Å². The number of nitrogen functional groups attached to an aromatic ring is 1. The summed E-state index contributed by atoms with van der Waals surface area (Å²) in [5.41, 5.74) is 6.18. The van der Waals surface area contributed by atoms with Crippen molar-refractivity contribution in [3.63, 3.8) is 0 Å². The summed E-state index contributed by atoms with van der Waals surface area (Å²) < 4.78 is 24.1. The summed E-state index contributed by atoms with van der Waals surface area (Å²) >= 11 is 5.63. The van der Waals surface area contributed by atoms with Crippen LogP contribution in [-0.4, -0.2) is 24.4 Å². The Labute approximate surface area is 126 Å². The number of ether oxygens (including phenoxy) is 2. The minimum atomic E-state index is -0.928. The van der Waals surface area contributed by atoms with E-state index < -0.39 is 11.9 Å². The maximum absolute atomic E-state index is 13.6. The Bertz CT molecular complexity index is 609. The summed E-state index contributed by atoms with van der Waals surface area (Å²) in [7, 11) is 0. The van der Waals surface area contributed by atoms with Crippen molar-refractivity contribution in [3.8, 4) is 11.5 Å². The van der Waals surface area contributed by atoms with Crippen LogP contribution in [0.15, 0.2) is 42.5 Å². The van der Waals surface area contributed by atoms with Crippen LogP contribution in [-0.2, 0) is 0 Å². The molecule has 1 atom stereocenters. The van der Waals surface area contributed by atoms with Crippen LogP contribution in [0.1, 0.15) is 0 Å². The van der Waals surface area contributed by atoms with Gasteiger partial charge in [0.2, 0.25) is 0 Å². The molecule has 0 aliphatic rings. The lowest BCUT2D eigenvalue weighted by atomic mass is 10.3. The molecule has 4 nitrogen and oxygen atoms in total. The van der Waals surface area contributed by atoms with E-state index in [-0.39, 0.29) is 24.0 Å². The van der Waals surface area contributed by atoms with Crippen LogP contribution < -0.4 is 15.2 Å². The van der Waals surface area contributed by atoms with Crippen LogP contribution in [0.4, 0.5) is 10.1 Å². The van der Waals surface area contributed by atoms with E-state index in [2.05, 4.69) is 0 Å². The van der Waals surface area contributed by atoms with Gasteiger partial charge in [-0.3, -0.25) is 0 Å². The second-order valence-electron chi connectivity index (χ2n) is 4.37. The quantitative estimate of drug-likeness (QED) is 0.805.